The van der Waals surface area contributed by atoms with Crippen LogP contribution in [0, 0.1) is 23.0 Å². The van der Waals surface area contributed by atoms with E-state index < -0.39 is 11.6 Å². The number of hydrogen-bond donors (Lipinski definition) is 0. The molecule has 106 valence electrons. The van der Waals surface area contributed by atoms with Gasteiger partial charge in [0, 0.05) is 20.1 Å². The van der Waals surface area contributed by atoms with Crippen LogP contribution in [0.4, 0.5) is 25.8 Å². The fourth-order valence-electron chi connectivity index (χ4n) is 2.63. The minimum absolute atomic E-state index is 0.0174. The van der Waals surface area contributed by atoms with E-state index in [-0.39, 0.29) is 11.3 Å². The van der Waals surface area contributed by atoms with Crippen LogP contribution in [-0.4, -0.2) is 20.1 Å². The zero-order valence-electron chi connectivity index (χ0n) is 11.5. The molecule has 2 aromatic rings. The van der Waals surface area contributed by atoms with Crippen molar-refractivity contribution < 1.29 is 8.78 Å². The van der Waals surface area contributed by atoms with Gasteiger partial charge >= 0.3 is 0 Å². The van der Waals surface area contributed by atoms with Gasteiger partial charge in [-0.3, -0.25) is 0 Å². The summed E-state index contributed by atoms with van der Waals surface area (Å²) in [6, 6.07) is 11.4. The number of likely N-dealkylation sites (N-methyl/N-ethyl adjacent to an activating group) is 1. The number of anilines is 3. The van der Waals surface area contributed by atoms with Crippen molar-refractivity contribution in [2.75, 3.05) is 29.9 Å². The predicted molar refractivity (Wildman–Crippen MR) is 77.8 cm³/mol. The average molecular weight is 285 g/mol. The van der Waals surface area contributed by atoms with E-state index in [1.54, 1.807) is 11.0 Å². The van der Waals surface area contributed by atoms with E-state index in [4.69, 9.17) is 5.26 Å². The number of hydrogen-bond acceptors (Lipinski definition) is 3. The van der Waals surface area contributed by atoms with E-state index in [1.165, 1.54) is 0 Å². The number of para-hydroxylation sites is 2. The number of halogens is 2. The van der Waals surface area contributed by atoms with Gasteiger partial charge in [-0.25, -0.2) is 8.78 Å². The fourth-order valence-corrected chi connectivity index (χ4v) is 2.63. The molecule has 1 heterocycles. The normalized spacial score (nSPS) is 13.8. The summed E-state index contributed by atoms with van der Waals surface area (Å²) >= 11 is 0. The maximum Gasteiger partial charge on any atom is 0.151 e. The van der Waals surface area contributed by atoms with Gasteiger partial charge in [0.2, 0.25) is 0 Å². The first-order valence-corrected chi connectivity index (χ1v) is 6.58. The van der Waals surface area contributed by atoms with Gasteiger partial charge < -0.3 is 9.80 Å². The van der Waals surface area contributed by atoms with Gasteiger partial charge in [-0.2, -0.15) is 5.26 Å². The quantitative estimate of drug-likeness (QED) is 0.804. The number of fused-ring (bicyclic) bond motifs is 1. The van der Waals surface area contributed by atoms with E-state index in [1.807, 2.05) is 36.2 Å². The molecule has 0 bridgehead atoms. The Kier molecular flexibility index (Phi) is 3.22. The van der Waals surface area contributed by atoms with Gasteiger partial charge in [0.05, 0.1) is 23.0 Å². The van der Waals surface area contributed by atoms with E-state index in [0.717, 1.165) is 23.5 Å². The number of rotatable bonds is 1. The Labute approximate surface area is 121 Å². The number of nitriles is 1. The van der Waals surface area contributed by atoms with E-state index in [0.29, 0.717) is 13.1 Å². The molecule has 0 radical (unpaired) electrons. The highest BCUT2D eigenvalue weighted by Gasteiger charge is 2.26. The fraction of sp³-hybridized carbons (Fsp3) is 0.188. The van der Waals surface area contributed by atoms with E-state index in [2.05, 4.69) is 0 Å². The highest BCUT2D eigenvalue weighted by molar-refractivity contribution is 5.79. The van der Waals surface area contributed by atoms with Gasteiger partial charge in [-0.15, -0.1) is 0 Å². The molecule has 5 heteroatoms. The van der Waals surface area contributed by atoms with Crippen LogP contribution in [0.5, 0.6) is 0 Å². The van der Waals surface area contributed by atoms with Crippen molar-refractivity contribution >= 4 is 17.1 Å². The van der Waals surface area contributed by atoms with Crippen molar-refractivity contribution in [2.45, 2.75) is 0 Å². The van der Waals surface area contributed by atoms with Gasteiger partial charge in [0.15, 0.2) is 11.6 Å². The van der Waals surface area contributed by atoms with Crippen molar-refractivity contribution in [2.24, 2.45) is 0 Å². The third-order valence-electron chi connectivity index (χ3n) is 3.66. The predicted octanol–water partition coefficient (Wildman–Crippen LogP) is 3.42. The lowest BCUT2D eigenvalue weighted by Crippen LogP contribution is -2.37. The zero-order valence-corrected chi connectivity index (χ0v) is 11.5. The smallest absolute Gasteiger partial charge is 0.151 e. The highest BCUT2D eigenvalue weighted by atomic mass is 19.1. The molecule has 0 unspecified atom stereocenters. The summed E-state index contributed by atoms with van der Waals surface area (Å²) in [7, 11) is 1.95. The summed E-state index contributed by atoms with van der Waals surface area (Å²) in [5, 5.41) is 8.78. The highest BCUT2D eigenvalue weighted by Crippen LogP contribution is 2.39. The molecule has 0 N–H and O–H groups in total. The standard InChI is InChI=1S/C16H13F2N3/c1-20-6-7-21(15-5-3-2-4-14(15)20)16-12(17)8-11(10-19)9-13(16)18/h2-5,8-9H,6-7H2,1H3. The zero-order chi connectivity index (χ0) is 15.0. The molecule has 1 aliphatic rings. The maximum atomic E-state index is 14.2. The van der Waals surface area contributed by atoms with Crippen molar-refractivity contribution in [3.8, 4) is 6.07 Å². The molecule has 0 spiro atoms. The van der Waals surface area contributed by atoms with Crippen LogP contribution >= 0.6 is 0 Å². The van der Waals surface area contributed by atoms with Gasteiger partial charge in [-0.1, -0.05) is 12.1 Å². The third-order valence-corrected chi connectivity index (χ3v) is 3.66. The van der Waals surface area contributed by atoms with E-state index >= 15 is 0 Å². The van der Waals surface area contributed by atoms with Crippen LogP contribution in [0.1, 0.15) is 5.56 Å². The maximum absolute atomic E-state index is 14.2. The monoisotopic (exact) mass is 285 g/mol. The number of benzene rings is 2. The lowest BCUT2D eigenvalue weighted by molar-refractivity contribution is 0.578. The Balaban J connectivity index is 2.15. The second-order valence-corrected chi connectivity index (χ2v) is 4.96. The molecular formula is C16H13F2N3. The molecule has 0 aromatic heterocycles. The molecule has 0 amide bonds. The van der Waals surface area contributed by atoms with Gasteiger partial charge in [0.25, 0.3) is 0 Å². The van der Waals surface area contributed by atoms with E-state index in [9.17, 15) is 8.78 Å². The van der Waals surface area contributed by atoms with Crippen molar-refractivity contribution in [1.29, 1.82) is 5.26 Å². The Hall–Kier alpha value is -2.61. The summed E-state index contributed by atoms with van der Waals surface area (Å²) in [5.41, 5.74) is 1.56. The summed E-state index contributed by atoms with van der Waals surface area (Å²) < 4.78 is 28.5. The molecule has 0 aliphatic carbocycles. The second-order valence-electron chi connectivity index (χ2n) is 4.96. The lowest BCUT2D eigenvalue weighted by atomic mass is 10.1. The van der Waals surface area contributed by atoms with Crippen LogP contribution in [0.25, 0.3) is 0 Å². The molecule has 1 aliphatic heterocycles. The van der Waals surface area contributed by atoms with Crippen molar-refractivity contribution in [3.05, 3.63) is 53.6 Å². The average Bonchev–Trinajstić information content (AvgIpc) is 2.49. The Morgan fingerprint density at radius 3 is 2.29 bits per heavy atom. The summed E-state index contributed by atoms with van der Waals surface area (Å²) in [6.07, 6.45) is 0. The molecule has 2 aromatic carbocycles. The molecular weight excluding hydrogens is 272 g/mol. The Morgan fingerprint density at radius 1 is 1.05 bits per heavy atom. The molecule has 3 nitrogen and oxygen atoms in total. The first-order chi connectivity index (χ1) is 10.1. The Bertz CT molecular complexity index is 714. The molecule has 0 fully saturated rings. The summed E-state index contributed by atoms with van der Waals surface area (Å²) in [6.45, 7) is 1.14. The third kappa shape index (κ3) is 2.19. The van der Waals surface area contributed by atoms with Crippen LogP contribution in [0.15, 0.2) is 36.4 Å². The van der Waals surface area contributed by atoms with Crippen LogP contribution < -0.4 is 9.80 Å². The van der Waals surface area contributed by atoms with Crippen molar-refractivity contribution in [3.63, 3.8) is 0 Å². The summed E-state index contributed by atoms with van der Waals surface area (Å²) in [5.74, 6) is -1.43. The van der Waals surface area contributed by atoms with Gasteiger partial charge in [-0.05, 0) is 24.3 Å². The second kappa shape index (κ2) is 5.06. The largest absolute Gasteiger partial charge is 0.371 e. The van der Waals surface area contributed by atoms with Crippen LogP contribution in [0.3, 0.4) is 0 Å². The molecule has 3 rings (SSSR count). The Morgan fingerprint density at radius 2 is 1.67 bits per heavy atom. The molecule has 21 heavy (non-hydrogen) atoms. The topological polar surface area (TPSA) is 30.3 Å². The van der Waals surface area contributed by atoms with Gasteiger partial charge in [0.1, 0.15) is 5.69 Å². The first-order valence-electron chi connectivity index (χ1n) is 6.58. The number of nitrogens with zero attached hydrogens (tertiary/aromatic N) is 3. The lowest BCUT2D eigenvalue weighted by Gasteiger charge is -2.37. The molecule has 0 saturated carbocycles. The van der Waals surface area contributed by atoms with Crippen molar-refractivity contribution in [1.82, 2.24) is 0 Å². The minimum atomic E-state index is -0.717. The summed E-state index contributed by atoms with van der Waals surface area (Å²) in [4.78, 5) is 3.67. The minimum Gasteiger partial charge on any atom is -0.371 e. The SMILES string of the molecule is CN1CCN(c2c(F)cc(C#N)cc2F)c2ccccc21. The van der Waals surface area contributed by atoms with Crippen LogP contribution in [0.2, 0.25) is 0 Å². The first kappa shape index (κ1) is 13.4. The molecule has 0 saturated heterocycles. The van der Waals surface area contributed by atoms with Crippen LogP contribution in [-0.2, 0) is 0 Å². The molecule has 0 atom stereocenters.